The normalized spacial score (nSPS) is 25.7. The van der Waals surface area contributed by atoms with E-state index in [4.69, 9.17) is 24.3 Å². The number of anilines is 1. The van der Waals surface area contributed by atoms with Crippen molar-refractivity contribution in [2.75, 3.05) is 18.9 Å². The van der Waals surface area contributed by atoms with Crippen molar-refractivity contribution in [1.82, 2.24) is 19.7 Å². The standard InChI is InChI=1S/C28H31N6O8P/c1-4-39-26(36)17(2)33-43(38,42-21-11-7-9-18-8-5-6-10-19(18)21)40-14-22-24(35)27(3,37)28(15-29,41-22)23-13-12-20-25(30)31-16-32-34(20)23/h5-13,16-17,22,24,35,37H,4,14H2,1-3H3,(H,33,38)(H2,30,31,32)/t17-,22+,24+,27+,28-,43?/m0/s1. The highest BCUT2D eigenvalue weighted by Crippen LogP contribution is 2.51. The molecule has 0 aliphatic carbocycles. The second-order valence-electron chi connectivity index (χ2n) is 10.2. The first-order valence-corrected chi connectivity index (χ1v) is 14.9. The Morgan fingerprint density at radius 3 is 2.77 bits per heavy atom. The molecular weight excluding hydrogens is 579 g/mol. The minimum absolute atomic E-state index is 0.0786. The van der Waals surface area contributed by atoms with E-state index < -0.39 is 49.8 Å². The fraction of sp³-hybridized carbons (Fsp3) is 0.357. The molecule has 2 aromatic carbocycles. The van der Waals surface area contributed by atoms with Gasteiger partial charge >= 0.3 is 13.7 Å². The quantitative estimate of drug-likeness (QED) is 0.151. The number of aliphatic hydroxyl groups excluding tert-OH is 1. The maximum Gasteiger partial charge on any atom is 0.459 e. The molecule has 2 aromatic heterocycles. The number of hydrogen-bond donors (Lipinski definition) is 4. The Morgan fingerprint density at radius 1 is 1.28 bits per heavy atom. The molecule has 4 aromatic rings. The van der Waals surface area contributed by atoms with E-state index in [0.29, 0.717) is 10.9 Å². The van der Waals surface area contributed by atoms with Crippen LogP contribution in [0.1, 0.15) is 26.5 Å². The molecule has 6 atom stereocenters. The van der Waals surface area contributed by atoms with Crippen molar-refractivity contribution in [3.63, 3.8) is 0 Å². The highest BCUT2D eigenvalue weighted by atomic mass is 31.2. The lowest BCUT2D eigenvalue weighted by atomic mass is 9.80. The summed E-state index contributed by atoms with van der Waals surface area (Å²) in [6.07, 6.45) is -1.91. The molecule has 15 heteroatoms. The number of carbonyl (C=O) groups excluding carboxylic acids is 1. The van der Waals surface area contributed by atoms with Crippen LogP contribution in [0.4, 0.5) is 5.82 Å². The lowest BCUT2D eigenvalue weighted by molar-refractivity contribution is -0.144. The second kappa shape index (κ2) is 11.5. The molecular formula is C28H31N6O8P. The molecule has 5 rings (SSSR count). The molecule has 14 nitrogen and oxygen atoms in total. The van der Waals surface area contributed by atoms with Gasteiger partial charge in [0.25, 0.3) is 0 Å². The summed E-state index contributed by atoms with van der Waals surface area (Å²) < 4.78 is 38.2. The summed E-state index contributed by atoms with van der Waals surface area (Å²) in [6.45, 7) is 3.77. The number of benzene rings is 2. The third kappa shape index (κ3) is 5.31. The summed E-state index contributed by atoms with van der Waals surface area (Å²) in [7, 11) is -4.40. The first-order chi connectivity index (χ1) is 20.5. The van der Waals surface area contributed by atoms with Gasteiger partial charge in [-0.25, -0.2) is 14.1 Å². The monoisotopic (exact) mass is 610 g/mol. The van der Waals surface area contributed by atoms with Gasteiger partial charge in [0.1, 0.15) is 47.5 Å². The lowest BCUT2D eigenvalue weighted by Crippen LogP contribution is -2.52. The van der Waals surface area contributed by atoms with Crippen molar-refractivity contribution in [1.29, 1.82) is 5.26 Å². The van der Waals surface area contributed by atoms with Crippen LogP contribution in [0, 0.1) is 11.3 Å². The Kier molecular flexibility index (Phi) is 8.15. The van der Waals surface area contributed by atoms with E-state index in [9.17, 15) is 24.8 Å². The van der Waals surface area contributed by atoms with Gasteiger partial charge in [0.2, 0.25) is 5.60 Å². The van der Waals surface area contributed by atoms with Crippen LogP contribution in [0.25, 0.3) is 16.3 Å². The Bertz CT molecular complexity index is 1750. The third-order valence-corrected chi connectivity index (χ3v) is 8.97. The van der Waals surface area contributed by atoms with Crippen LogP contribution >= 0.6 is 7.75 Å². The van der Waals surface area contributed by atoms with E-state index in [1.54, 1.807) is 37.3 Å². The molecule has 0 spiro atoms. The number of carbonyl (C=O) groups is 1. The molecule has 1 saturated heterocycles. The maximum absolute atomic E-state index is 14.2. The van der Waals surface area contributed by atoms with Gasteiger partial charge in [-0.3, -0.25) is 9.32 Å². The minimum atomic E-state index is -4.40. The van der Waals surface area contributed by atoms with Gasteiger partial charge in [0.05, 0.1) is 18.9 Å². The number of fused-ring (bicyclic) bond motifs is 2. The van der Waals surface area contributed by atoms with Gasteiger partial charge < -0.3 is 29.9 Å². The van der Waals surface area contributed by atoms with Gasteiger partial charge in [-0.1, -0.05) is 36.4 Å². The molecule has 5 N–H and O–H groups in total. The van der Waals surface area contributed by atoms with E-state index in [1.807, 2.05) is 24.3 Å². The SMILES string of the molecule is CCOC(=O)[C@H](C)NP(=O)(OC[C@H]1O[C@@](C#N)(c2ccc3c(N)ncnn23)[C@](C)(O)[C@@H]1O)Oc1cccc2ccccc12. The lowest BCUT2D eigenvalue weighted by Gasteiger charge is -2.33. The van der Waals surface area contributed by atoms with Crippen LogP contribution < -0.4 is 15.3 Å². The molecule has 0 saturated carbocycles. The fourth-order valence-corrected chi connectivity index (χ4v) is 6.59. The molecule has 1 aliphatic rings. The number of ether oxygens (including phenoxy) is 2. The Balaban J connectivity index is 1.46. The van der Waals surface area contributed by atoms with Gasteiger partial charge in [0.15, 0.2) is 5.82 Å². The van der Waals surface area contributed by atoms with Crippen LogP contribution in [0.3, 0.4) is 0 Å². The van der Waals surface area contributed by atoms with Crippen LogP contribution in [-0.4, -0.2) is 67.8 Å². The number of aliphatic hydroxyl groups is 2. The average Bonchev–Trinajstić information content (AvgIpc) is 3.50. The van der Waals surface area contributed by atoms with Crippen molar-refractivity contribution in [3.05, 3.63) is 66.6 Å². The topological polar surface area (TPSA) is 204 Å². The van der Waals surface area contributed by atoms with Crippen molar-refractivity contribution in [2.24, 2.45) is 0 Å². The Morgan fingerprint density at radius 2 is 2.02 bits per heavy atom. The predicted octanol–water partition coefficient (Wildman–Crippen LogP) is 2.44. The summed E-state index contributed by atoms with van der Waals surface area (Å²) in [5.41, 5.74) is 2.02. The van der Waals surface area contributed by atoms with Crippen LogP contribution in [-0.2, 0) is 29.0 Å². The van der Waals surface area contributed by atoms with Crippen LogP contribution in [0.15, 0.2) is 60.9 Å². The van der Waals surface area contributed by atoms with E-state index in [2.05, 4.69) is 15.2 Å². The smallest absolute Gasteiger partial charge is 0.459 e. The fourth-order valence-electron chi connectivity index (χ4n) is 5.07. The molecule has 1 aliphatic heterocycles. The maximum atomic E-state index is 14.2. The molecule has 0 amide bonds. The molecule has 1 unspecified atom stereocenters. The van der Waals surface area contributed by atoms with Crippen molar-refractivity contribution < 1.29 is 38.1 Å². The predicted molar refractivity (Wildman–Crippen MR) is 154 cm³/mol. The van der Waals surface area contributed by atoms with E-state index in [1.165, 1.54) is 30.8 Å². The summed E-state index contributed by atoms with van der Waals surface area (Å²) in [5.74, 6) is -0.369. The summed E-state index contributed by atoms with van der Waals surface area (Å²) in [6, 6.07) is 16.3. The number of aromatic nitrogens is 3. The first-order valence-electron chi connectivity index (χ1n) is 13.4. The van der Waals surface area contributed by atoms with E-state index in [-0.39, 0.29) is 23.9 Å². The molecule has 0 radical (unpaired) electrons. The highest BCUT2D eigenvalue weighted by molar-refractivity contribution is 7.52. The van der Waals surface area contributed by atoms with E-state index in [0.717, 1.165) is 5.39 Å². The number of nitrogens with two attached hydrogens (primary N) is 1. The van der Waals surface area contributed by atoms with Crippen LogP contribution in [0.5, 0.6) is 5.75 Å². The molecule has 1 fully saturated rings. The number of nitrogens with one attached hydrogen (secondary N) is 1. The summed E-state index contributed by atoms with van der Waals surface area (Å²) >= 11 is 0. The van der Waals surface area contributed by atoms with Gasteiger partial charge in [-0.15, -0.1) is 0 Å². The number of nitriles is 1. The van der Waals surface area contributed by atoms with Crippen LogP contribution in [0.2, 0.25) is 0 Å². The van der Waals surface area contributed by atoms with E-state index >= 15 is 0 Å². The second-order valence-corrected chi connectivity index (χ2v) is 11.9. The Hall–Kier alpha value is -4.09. The van der Waals surface area contributed by atoms with Crippen molar-refractivity contribution in [3.8, 4) is 11.8 Å². The minimum Gasteiger partial charge on any atom is -0.465 e. The van der Waals surface area contributed by atoms with Gasteiger partial charge in [-0.05, 0) is 44.4 Å². The average molecular weight is 611 g/mol. The van der Waals surface area contributed by atoms with Crippen molar-refractivity contribution in [2.45, 2.75) is 50.2 Å². The van der Waals surface area contributed by atoms with Crippen molar-refractivity contribution >= 4 is 35.8 Å². The highest BCUT2D eigenvalue weighted by Gasteiger charge is 2.65. The number of rotatable bonds is 10. The molecule has 226 valence electrons. The zero-order valence-electron chi connectivity index (χ0n) is 23.6. The molecule has 0 bridgehead atoms. The van der Waals surface area contributed by atoms with Gasteiger partial charge in [0, 0.05) is 5.39 Å². The summed E-state index contributed by atoms with van der Waals surface area (Å²) in [5, 5.41) is 41.1. The molecule has 43 heavy (non-hydrogen) atoms. The van der Waals surface area contributed by atoms with Gasteiger partial charge in [-0.2, -0.15) is 15.4 Å². The zero-order valence-corrected chi connectivity index (χ0v) is 24.5. The summed E-state index contributed by atoms with van der Waals surface area (Å²) in [4.78, 5) is 16.3. The number of hydrogen-bond acceptors (Lipinski definition) is 12. The number of nitrogens with zero attached hydrogens (tertiary/aromatic N) is 4. The number of nitrogen functional groups attached to an aromatic ring is 1. The third-order valence-electron chi connectivity index (χ3n) is 7.34. The Labute approximate surface area is 246 Å². The zero-order chi connectivity index (χ0) is 31.0. The molecule has 3 heterocycles. The number of esters is 1. The first kappa shape index (κ1) is 30.4. The largest absolute Gasteiger partial charge is 0.465 e.